The van der Waals surface area contributed by atoms with Crippen molar-refractivity contribution in [1.82, 2.24) is 10.3 Å². The van der Waals surface area contributed by atoms with Gasteiger partial charge in [0, 0.05) is 6.42 Å². The van der Waals surface area contributed by atoms with E-state index in [9.17, 15) is 9.59 Å². The van der Waals surface area contributed by atoms with E-state index in [2.05, 4.69) is 15.0 Å². The van der Waals surface area contributed by atoms with Crippen molar-refractivity contribution in [3.05, 3.63) is 83.6 Å². The Morgan fingerprint density at radius 1 is 1.03 bits per heavy atom. The van der Waals surface area contributed by atoms with E-state index in [1.165, 1.54) is 13.4 Å². The lowest BCUT2D eigenvalue weighted by atomic mass is 10.1. The van der Waals surface area contributed by atoms with Gasteiger partial charge in [0.05, 0.1) is 7.11 Å². The Balaban J connectivity index is 1.71. The highest BCUT2D eigenvalue weighted by atomic mass is 16.6. The van der Waals surface area contributed by atoms with Gasteiger partial charge in [0.25, 0.3) is 0 Å². The van der Waals surface area contributed by atoms with Crippen LogP contribution < -0.4 is 10.1 Å². The highest BCUT2D eigenvalue weighted by molar-refractivity contribution is 5.86. The SMILES string of the molecule is COC(=O)c1coc([C@H](Cc2ccc(OCc3ccccc3)cc2)NC(=O)OC(C)(C)C)n1. The maximum absolute atomic E-state index is 12.4. The normalized spacial score (nSPS) is 12.0. The van der Waals surface area contributed by atoms with Gasteiger partial charge in [-0.3, -0.25) is 0 Å². The first-order valence-electron chi connectivity index (χ1n) is 10.5. The van der Waals surface area contributed by atoms with Crippen molar-refractivity contribution < 1.29 is 28.2 Å². The molecule has 2 aromatic carbocycles. The molecule has 0 aliphatic heterocycles. The Morgan fingerprint density at radius 2 is 1.73 bits per heavy atom. The smallest absolute Gasteiger partial charge is 0.408 e. The third kappa shape index (κ3) is 7.38. The number of hydrogen-bond acceptors (Lipinski definition) is 7. The fourth-order valence-electron chi connectivity index (χ4n) is 2.99. The summed E-state index contributed by atoms with van der Waals surface area (Å²) >= 11 is 0. The molecule has 0 fully saturated rings. The third-order valence-corrected chi connectivity index (χ3v) is 4.52. The van der Waals surface area contributed by atoms with E-state index >= 15 is 0 Å². The Morgan fingerprint density at radius 3 is 2.36 bits per heavy atom. The topological polar surface area (TPSA) is 99.9 Å². The molecular weight excluding hydrogens is 424 g/mol. The van der Waals surface area contributed by atoms with Gasteiger partial charge in [-0.1, -0.05) is 42.5 Å². The van der Waals surface area contributed by atoms with Crippen LogP contribution in [0.4, 0.5) is 4.79 Å². The van der Waals surface area contributed by atoms with Gasteiger partial charge in [0.2, 0.25) is 5.89 Å². The average Bonchev–Trinajstić information content (AvgIpc) is 3.27. The van der Waals surface area contributed by atoms with E-state index in [1.54, 1.807) is 20.8 Å². The predicted molar refractivity (Wildman–Crippen MR) is 121 cm³/mol. The first-order chi connectivity index (χ1) is 15.7. The fourth-order valence-corrected chi connectivity index (χ4v) is 2.99. The second-order valence-corrected chi connectivity index (χ2v) is 8.38. The molecular formula is C25H28N2O6. The molecule has 1 atom stereocenters. The molecule has 0 bridgehead atoms. The van der Waals surface area contributed by atoms with Gasteiger partial charge in [0.15, 0.2) is 5.69 Å². The summed E-state index contributed by atoms with van der Waals surface area (Å²) in [6.45, 7) is 5.79. The largest absolute Gasteiger partial charge is 0.489 e. The van der Waals surface area contributed by atoms with Crippen LogP contribution in [-0.4, -0.2) is 29.8 Å². The Bertz CT molecular complexity index is 1050. The molecule has 0 radical (unpaired) electrons. The second kappa shape index (κ2) is 10.7. The van der Waals surface area contributed by atoms with Crippen molar-refractivity contribution in [1.29, 1.82) is 0 Å². The van der Waals surface area contributed by atoms with Crippen molar-refractivity contribution in [2.24, 2.45) is 0 Å². The number of carbonyl (C=O) groups excluding carboxylic acids is 2. The van der Waals surface area contributed by atoms with Gasteiger partial charge in [-0.05, 0) is 44.0 Å². The second-order valence-electron chi connectivity index (χ2n) is 8.38. The summed E-state index contributed by atoms with van der Waals surface area (Å²) in [6, 6.07) is 16.7. The number of nitrogens with one attached hydrogen (secondary N) is 1. The van der Waals surface area contributed by atoms with Crippen LogP contribution >= 0.6 is 0 Å². The number of benzene rings is 2. The molecule has 3 rings (SSSR count). The fraction of sp³-hybridized carbons (Fsp3) is 0.320. The average molecular weight is 453 g/mol. The number of nitrogens with zero attached hydrogens (tertiary/aromatic N) is 1. The van der Waals surface area contributed by atoms with E-state index in [4.69, 9.17) is 13.9 Å². The quantitative estimate of drug-likeness (QED) is 0.488. The zero-order valence-corrected chi connectivity index (χ0v) is 19.2. The summed E-state index contributed by atoms with van der Waals surface area (Å²) in [5.74, 6) is 0.273. The summed E-state index contributed by atoms with van der Waals surface area (Å²) in [4.78, 5) is 28.3. The Hall–Kier alpha value is -3.81. The highest BCUT2D eigenvalue weighted by Crippen LogP contribution is 2.22. The molecule has 8 nitrogen and oxygen atoms in total. The third-order valence-electron chi connectivity index (χ3n) is 4.52. The summed E-state index contributed by atoms with van der Waals surface area (Å²) in [5, 5.41) is 2.77. The monoisotopic (exact) mass is 452 g/mol. The first-order valence-corrected chi connectivity index (χ1v) is 10.5. The van der Waals surface area contributed by atoms with Gasteiger partial charge in [-0.2, -0.15) is 0 Å². The number of alkyl carbamates (subject to hydrolysis) is 1. The van der Waals surface area contributed by atoms with E-state index < -0.39 is 23.7 Å². The number of ether oxygens (including phenoxy) is 3. The summed E-state index contributed by atoms with van der Waals surface area (Å²) in [5.41, 5.74) is 1.34. The number of esters is 1. The lowest BCUT2D eigenvalue weighted by molar-refractivity contribution is 0.0495. The molecule has 1 amide bonds. The molecule has 1 N–H and O–H groups in total. The zero-order valence-electron chi connectivity index (χ0n) is 19.2. The molecule has 174 valence electrons. The number of methoxy groups -OCH3 is 1. The molecule has 0 aliphatic carbocycles. The van der Waals surface area contributed by atoms with Crippen LogP contribution in [-0.2, 0) is 22.5 Å². The van der Waals surface area contributed by atoms with Crippen molar-refractivity contribution in [3.8, 4) is 5.75 Å². The minimum atomic E-state index is -0.667. The van der Waals surface area contributed by atoms with Gasteiger partial charge < -0.3 is 23.9 Å². The van der Waals surface area contributed by atoms with E-state index in [0.717, 1.165) is 16.9 Å². The molecule has 0 aliphatic rings. The van der Waals surface area contributed by atoms with E-state index in [-0.39, 0.29) is 11.6 Å². The Kier molecular flexibility index (Phi) is 7.71. The summed E-state index contributed by atoms with van der Waals surface area (Å²) in [6.07, 6.45) is 0.943. The molecule has 1 heterocycles. The minimum Gasteiger partial charge on any atom is -0.489 e. The van der Waals surface area contributed by atoms with Crippen LogP contribution in [0.1, 0.15) is 54.3 Å². The molecule has 33 heavy (non-hydrogen) atoms. The number of hydrogen-bond donors (Lipinski definition) is 1. The summed E-state index contributed by atoms with van der Waals surface area (Å²) in [7, 11) is 1.26. The van der Waals surface area contributed by atoms with Gasteiger partial charge in [-0.25, -0.2) is 14.6 Å². The zero-order chi connectivity index (χ0) is 23.8. The van der Waals surface area contributed by atoms with Crippen LogP contribution in [0.15, 0.2) is 65.3 Å². The van der Waals surface area contributed by atoms with Crippen molar-refractivity contribution >= 4 is 12.1 Å². The molecule has 0 unspecified atom stereocenters. The van der Waals surface area contributed by atoms with Crippen molar-refractivity contribution in [2.75, 3.05) is 7.11 Å². The van der Waals surface area contributed by atoms with Gasteiger partial charge in [0.1, 0.15) is 30.3 Å². The van der Waals surface area contributed by atoms with E-state index in [1.807, 2.05) is 54.6 Å². The highest BCUT2D eigenvalue weighted by Gasteiger charge is 2.25. The van der Waals surface area contributed by atoms with Gasteiger partial charge >= 0.3 is 12.1 Å². The molecule has 0 saturated heterocycles. The molecule has 3 aromatic rings. The lowest BCUT2D eigenvalue weighted by Crippen LogP contribution is -2.36. The summed E-state index contributed by atoms with van der Waals surface area (Å²) < 4.78 is 21.3. The van der Waals surface area contributed by atoms with E-state index in [0.29, 0.717) is 13.0 Å². The number of amides is 1. The number of oxazole rings is 1. The van der Waals surface area contributed by atoms with Crippen LogP contribution in [0.25, 0.3) is 0 Å². The van der Waals surface area contributed by atoms with Crippen LogP contribution in [0, 0.1) is 0 Å². The maximum atomic E-state index is 12.4. The van der Waals surface area contributed by atoms with Crippen LogP contribution in [0.5, 0.6) is 5.75 Å². The molecule has 1 aromatic heterocycles. The van der Waals surface area contributed by atoms with Crippen molar-refractivity contribution in [2.45, 2.75) is 45.4 Å². The van der Waals surface area contributed by atoms with Gasteiger partial charge in [-0.15, -0.1) is 0 Å². The molecule has 0 saturated carbocycles. The predicted octanol–water partition coefficient (Wildman–Crippen LogP) is 4.85. The molecule has 8 heteroatoms. The standard InChI is InChI=1S/C25H28N2O6/c1-25(2,3)33-24(29)27-20(22-26-21(16-32-22)23(28)30-4)14-17-10-12-19(13-11-17)31-15-18-8-6-5-7-9-18/h5-13,16,20H,14-15H2,1-4H3,(H,27,29)/t20-/m0/s1. The lowest BCUT2D eigenvalue weighted by Gasteiger charge is -2.22. The molecule has 0 spiro atoms. The van der Waals surface area contributed by atoms with Crippen LogP contribution in [0.3, 0.4) is 0 Å². The maximum Gasteiger partial charge on any atom is 0.408 e. The number of carbonyl (C=O) groups is 2. The first kappa shape index (κ1) is 23.8. The van der Waals surface area contributed by atoms with Crippen molar-refractivity contribution in [3.63, 3.8) is 0 Å². The number of rotatable bonds is 8. The number of aromatic nitrogens is 1. The Labute approximate surface area is 192 Å². The minimum absolute atomic E-state index is 0.0214. The van der Waals surface area contributed by atoms with Crippen LogP contribution in [0.2, 0.25) is 0 Å².